The van der Waals surface area contributed by atoms with Gasteiger partial charge < -0.3 is 5.32 Å². The van der Waals surface area contributed by atoms with Gasteiger partial charge in [0, 0.05) is 24.7 Å². The quantitative estimate of drug-likeness (QED) is 0.793. The molecule has 0 spiro atoms. The van der Waals surface area contributed by atoms with Crippen molar-refractivity contribution in [3.05, 3.63) is 0 Å². The van der Waals surface area contributed by atoms with Gasteiger partial charge in [0.1, 0.15) is 0 Å². The first-order valence-corrected chi connectivity index (χ1v) is 9.10. The van der Waals surface area contributed by atoms with Crippen molar-refractivity contribution in [2.75, 3.05) is 19.6 Å². The minimum absolute atomic E-state index is 0.420. The maximum atomic E-state index is 3.61. The van der Waals surface area contributed by atoms with E-state index < -0.39 is 0 Å². The van der Waals surface area contributed by atoms with Gasteiger partial charge in [-0.15, -0.1) is 0 Å². The molecule has 3 rings (SSSR count). The molecule has 116 valence electrons. The Morgan fingerprint density at radius 1 is 1.10 bits per heavy atom. The lowest BCUT2D eigenvalue weighted by Crippen LogP contribution is -2.49. The van der Waals surface area contributed by atoms with Crippen molar-refractivity contribution in [2.45, 2.75) is 77.3 Å². The summed E-state index contributed by atoms with van der Waals surface area (Å²) in [6, 6.07) is 0.873. The normalized spacial score (nSPS) is 41.5. The van der Waals surface area contributed by atoms with Crippen molar-refractivity contribution in [2.24, 2.45) is 17.8 Å². The molecule has 2 saturated heterocycles. The van der Waals surface area contributed by atoms with Gasteiger partial charge in [-0.25, -0.2) is 0 Å². The average molecular weight is 278 g/mol. The van der Waals surface area contributed by atoms with E-state index in [4.69, 9.17) is 0 Å². The van der Waals surface area contributed by atoms with Crippen LogP contribution in [0.2, 0.25) is 0 Å². The Kier molecular flexibility index (Phi) is 4.42. The zero-order valence-electron chi connectivity index (χ0n) is 13.8. The largest absolute Gasteiger partial charge is 0.316 e. The molecule has 20 heavy (non-hydrogen) atoms. The Morgan fingerprint density at radius 2 is 1.95 bits per heavy atom. The van der Waals surface area contributed by atoms with E-state index in [2.05, 4.69) is 31.0 Å². The first kappa shape index (κ1) is 14.8. The molecule has 3 aliphatic rings. The van der Waals surface area contributed by atoms with Crippen molar-refractivity contribution in [3.8, 4) is 0 Å². The van der Waals surface area contributed by atoms with Crippen LogP contribution in [0, 0.1) is 17.8 Å². The van der Waals surface area contributed by atoms with Crippen LogP contribution in [0.25, 0.3) is 0 Å². The van der Waals surface area contributed by atoms with E-state index in [0.29, 0.717) is 5.54 Å². The summed E-state index contributed by atoms with van der Waals surface area (Å²) in [7, 11) is 0. The Labute approximate surface area is 125 Å². The van der Waals surface area contributed by atoms with E-state index in [9.17, 15) is 0 Å². The molecule has 3 fully saturated rings. The molecule has 1 saturated carbocycles. The van der Waals surface area contributed by atoms with Gasteiger partial charge in [-0.05, 0) is 57.4 Å². The van der Waals surface area contributed by atoms with E-state index in [1.165, 1.54) is 64.6 Å². The van der Waals surface area contributed by atoms with Crippen LogP contribution in [-0.2, 0) is 0 Å². The second-order valence-corrected chi connectivity index (χ2v) is 8.15. The Hall–Kier alpha value is -0.0800. The summed E-state index contributed by atoms with van der Waals surface area (Å²) in [4.78, 5) is 2.91. The summed E-state index contributed by atoms with van der Waals surface area (Å²) < 4.78 is 0. The molecular weight excluding hydrogens is 244 g/mol. The lowest BCUT2D eigenvalue weighted by molar-refractivity contribution is 0.0795. The van der Waals surface area contributed by atoms with E-state index in [1.54, 1.807) is 0 Å². The minimum atomic E-state index is 0.420. The highest BCUT2D eigenvalue weighted by molar-refractivity contribution is 5.06. The molecule has 0 aromatic heterocycles. The Balaban J connectivity index is 1.64. The third kappa shape index (κ3) is 2.66. The van der Waals surface area contributed by atoms with Crippen LogP contribution in [0.3, 0.4) is 0 Å². The highest BCUT2D eigenvalue weighted by Crippen LogP contribution is 2.44. The number of fused-ring (bicyclic) bond motifs is 1. The van der Waals surface area contributed by atoms with Gasteiger partial charge in [-0.3, -0.25) is 4.90 Å². The summed E-state index contributed by atoms with van der Waals surface area (Å²) >= 11 is 0. The SMILES string of the molecule is CCCC1CCCC(N2CC3CNCC3C2(C)C)CC1. The third-order valence-electron chi connectivity index (χ3n) is 6.61. The molecule has 4 unspecified atom stereocenters. The van der Waals surface area contributed by atoms with Crippen LogP contribution in [0.5, 0.6) is 0 Å². The van der Waals surface area contributed by atoms with Gasteiger partial charge in [-0.1, -0.05) is 32.6 Å². The first-order valence-electron chi connectivity index (χ1n) is 9.10. The molecular formula is C18H34N2. The predicted molar refractivity (Wildman–Crippen MR) is 85.9 cm³/mol. The van der Waals surface area contributed by atoms with Crippen molar-refractivity contribution >= 4 is 0 Å². The number of hydrogen-bond donors (Lipinski definition) is 1. The maximum absolute atomic E-state index is 3.61. The van der Waals surface area contributed by atoms with E-state index in [1.807, 2.05) is 0 Å². The number of nitrogens with one attached hydrogen (secondary N) is 1. The monoisotopic (exact) mass is 278 g/mol. The van der Waals surface area contributed by atoms with Crippen LogP contribution >= 0.6 is 0 Å². The smallest absolute Gasteiger partial charge is 0.0200 e. The van der Waals surface area contributed by atoms with E-state index >= 15 is 0 Å². The summed E-state index contributed by atoms with van der Waals surface area (Å²) in [6.07, 6.45) is 10.2. The predicted octanol–water partition coefficient (Wildman–Crippen LogP) is 3.67. The van der Waals surface area contributed by atoms with Gasteiger partial charge in [-0.2, -0.15) is 0 Å². The van der Waals surface area contributed by atoms with Gasteiger partial charge in [0.25, 0.3) is 0 Å². The number of hydrogen-bond acceptors (Lipinski definition) is 2. The second kappa shape index (κ2) is 5.96. The van der Waals surface area contributed by atoms with Crippen LogP contribution in [-0.4, -0.2) is 36.1 Å². The molecule has 1 N–H and O–H groups in total. The second-order valence-electron chi connectivity index (χ2n) is 8.15. The van der Waals surface area contributed by atoms with E-state index in [0.717, 1.165) is 23.8 Å². The van der Waals surface area contributed by atoms with Crippen LogP contribution in [0.1, 0.15) is 65.7 Å². The van der Waals surface area contributed by atoms with Gasteiger partial charge in [0.15, 0.2) is 0 Å². The van der Waals surface area contributed by atoms with Crippen LogP contribution in [0.4, 0.5) is 0 Å². The standard InChI is InChI=1S/C18H34N2/c1-4-6-14-7-5-8-16(10-9-14)20-13-15-11-19-12-17(15)18(20,2)3/h14-17,19H,4-13H2,1-3H3. The summed E-state index contributed by atoms with van der Waals surface area (Å²) in [5.74, 6) is 2.83. The molecule has 4 atom stereocenters. The van der Waals surface area contributed by atoms with Crippen molar-refractivity contribution in [3.63, 3.8) is 0 Å². The van der Waals surface area contributed by atoms with Crippen molar-refractivity contribution in [1.82, 2.24) is 10.2 Å². The molecule has 2 nitrogen and oxygen atoms in total. The fourth-order valence-electron chi connectivity index (χ4n) is 5.44. The zero-order chi connectivity index (χ0) is 14.2. The summed E-state index contributed by atoms with van der Waals surface area (Å²) in [5.41, 5.74) is 0.420. The van der Waals surface area contributed by atoms with E-state index in [-0.39, 0.29) is 0 Å². The van der Waals surface area contributed by atoms with Gasteiger partial charge >= 0.3 is 0 Å². The third-order valence-corrected chi connectivity index (χ3v) is 6.61. The van der Waals surface area contributed by atoms with Gasteiger partial charge in [0.05, 0.1) is 0 Å². The molecule has 0 amide bonds. The molecule has 0 aromatic rings. The maximum Gasteiger partial charge on any atom is 0.0200 e. The Morgan fingerprint density at radius 3 is 2.70 bits per heavy atom. The topological polar surface area (TPSA) is 15.3 Å². The average Bonchev–Trinajstić information content (AvgIpc) is 2.88. The zero-order valence-corrected chi connectivity index (χ0v) is 13.8. The molecule has 2 heterocycles. The summed E-state index contributed by atoms with van der Waals surface area (Å²) in [6.45, 7) is 11.2. The highest BCUT2D eigenvalue weighted by atomic mass is 15.3. The lowest BCUT2D eigenvalue weighted by Gasteiger charge is -2.41. The number of nitrogens with zero attached hydrogens (tertiary/aromatic N) is 1. The first-order chi connectivity index (χ1) is 9.63. The molecule has 0 bridgehead atoms. The molecule has 2 aliphatic heterocycles. The van der Waals surface area contributed by atoms with Crippen molar-refractivity contribution < 1.29 is 0 Å². The van der Waals surface area contributed by atoms with Crippen LogP contribution < -0.4 is 5.32 Å². The minimum Gasteiger partial charge on any atom is -0.316 e. The molecule has 2 heteroatoms. The number of rotatable bonds is 3. The lowest BCUT2D eigenvalue weighted by atomic mass is 9.84. The summed E-state index contributed by atoms with van der Waals surface area (Å²) in [5, 5.41) is 3.61. The van der Waals surface area contributed by atoms with Crippen molar-refractivity contribution in [1.29, 1.82) is 0 Å². The highest BCUT2D eigenvalue weighted by Gasteiger charge is 2.51. The molecule has 0 aromatic carbocycles. The van der Waals surface area contributed by atoms with Crippen LogP contribution in [0.15, 0.2) is 0 Å². The fourth-order valence-corrected chi connectivity index (χ4v) is 5.44. The van der Waals surface area contributed by atoms with Gasteiger partial charge in [0.2, 0.25) is 0 Å². The fraction of sp³-hybridized carbons (Fsp3) is 1.00. The Bertz CT molecular complexity index is 325. The number of likely N-dealkylation sites (tertiary alicyclic amines) is 1. The molecule has 1 aliphatic carbocycles. The molecule has 0 radical (unpaired) electrons.